The standard InChI is InChI=1S/C12H18N4O/c1-15-6-8-16(9-7-15)12(17)14-10-11-4-2-3-5-13-11/h2-5H,6-10H2,1H3,(H,14,17). The van der Waals surface area contributed by atoms with Crippen molar-refractivity contribution < 1.29 is 4.79 Å². The number of amides is 2. The lowest BCUT2D eigenvalue weighted by Crippen LogP contribution is -2.50. The average Bonchev–Trinajstić information content (AvgIpc) is 2.38. The molecule has 0 bridgehead atoms. The number of carbonyl (C=O) groups is 1. The van der Waals surface area contributed by atoms with Crippen LogP contribution < -0.4 is 5.32 Å². The summed E-state index contributed by atoms with van der Waals surface area (Å²) in [6.07, 6.45) is 1.73. The molecule has 1 aromatic heterocycles. The van der Waals surface area contributed by atoms with Gasteiger partial charge in [0.25, 0.3) is 0 Å². The highest BCUT2D eigenvalue weighted by molar-refractivity contribution is 5.74. The molecule has 17 heavy (non-hydrogen) atoms. The summed E-state index contributed by atoms with van der Waals surface area (Å²) < 4.78 is 0. The van der Waals surface area contributed by atoms with Crippen LogP contribution in [0.2, 0.25) is 0 Å². The first kappa shape index (κ1) is 11.9. The Kier molecular flexibility index (Phi) is 3.93. The molecule has 2 amide bonds. The third kappa shape index (κ3) is 3.42. The summed E-state index contributed by atoms with van der Waals surface area (Å²) in [7, 11) is 2.07. The highest BCUT2D eigenvalue weighted by atomic mass is 16.2. The lowest BCUT2D eigenvalue weighted by atomic mass is 10.3. The van der Waals surface area contributed by atoms with E-state index in [9.17, 15) is 4.79 Å². The van der Waals surface area contributed by atoms with Crippen molar-refractivity contribution in [1.82, 2.24) is 20.1 Å². The number of hydrogen-bond donors (Lipinski definition) is 1. The molecule has 0 aliphatic carbocycles. The van der Waals surface area contributed by atoms with E-state index in [-0.39, 0.29) is 6.03 Å². The van der Waals surface area contributed by atoms with Gasteiger partial charge in [-0.05, 0) is 19.2 Å². The summed E-state index contributed by atoms with van der Waals surface area (Å²) in [5, 5.41) is 2.89. The van der Waals surface area contributed by atoms with E-state index in [1.807, 2.05) is 23.1 Å². The number of urea groups is 1. The van der Waals surface area contributed by atoms with Gasteiger partial charge in [-0.2, -0.15) is 0 Å². The van der Waals surface area contributed by atoms with Crippen LogP contribution in [-0.2, 0) is 6.54 Å². The number of likely N-dealkylation sites (N-methyl/N-ethyl adjacent to an activating group) is 1. The molecule has 2 heterocycles. The van der Waals surface area contributed by atoms with Crippen LogP contribution in [0.3, 0.4) is 0 Å². The lowest BCUT2D eigenvalue weighted by molar-refractivity contribution is 0.154. The normalized spacial score (nSPS) is 16.9. The molecule has 1 aliphatic heterocycles. The fraction of sp³-hybridized carbons (Fsp3) is 0.500. The number of pyridine rings is 1. The Morgan fingerprint density at radius 2 is 2.12 bits per heavy atom. The second-order valence-electron chi connectivity index (χ2n) is 4.27. The summed E-state index contributed by atoms with van der Waals surface area (Å²) in [6.45, 7) is 3.97. The Morgan fingerprint density at radius 1 is 1.35 bits per heavy atom. The molecule has 2 rings (SSSR count). The van der Waals surface area contributed by atoms with E-state index in [2.05, 4.69) is 22.2 Å². The first-order valence-corrected chi connectivity index (χ1v) is 5.87. The molecular formula is C12H18N4O. The van der Waals surface area contributed by atoms with Crippen LogP contribution in [0.5, 0.6) is 0 Å². The summed E-state index contributed by atoms with van der Waals surface area (Å²) in [5.41, 5.74) is 0.884. The summed E-state index contributed by atoms with van der Waals surface area (Å²) >= 11 is 0. The molecule has 5 nitrogen and oxygen atoms in total. The number of carbonyl (C=O) groups excluding carboxylic acids is 1. The van der Waals surface area contributed by atoms with Crippen molar-refractivity contribution in [3.05, 3.63) is 30.1 Å². The van der Waals surface area contributed by atoms with Crippen LogP contribution in [-0.4, -0.2) is 54.0 Å². The zero-order valence-electron chi connectivity index (χ0n) is 10.1. The predicted molar refractivity (Wildman–Crippen MR) is 65.5 cm³/mol. The molecule has 1 saturated heterocycles. The van der Waals surface area contributed by atoms with Crippen molar-refractivity contribution in [1.29, 1.82) is 0 Å². The monoisotopic (exact) mass is 234 g/mol. The number of aromatic nitrogens is 1. The van der Waals surface area contributed by atoms with Crippen molar-refractivity contribution in [2.24, 2.45) is 0 Å². The van der Waals surface area contributed by atoms with Crippen LogP contribution in [0.25, 0.3) is 0 Å². The number of nitrogens with one attached hydrogen (secondary N) is 1. The van der Waals surface area contributed by atoms with Crippen molar-refractivity contribution in [2.45, 2.75) is 6.54 Å². The van der Waals surface area contributed by atoms with Crippen LogP contribution in [0, 0.1) is 0 Å². The third-order valence-electron chi connectivity index (χ3n) is 2.94. The molecule has 0 aromatic carbocycles. The van der Waals surface area contributed by atoms with Gasteiger partial charge < -0.3 is 15.1 Å². The molecular weight excluding hydrogens is 216 g/mol. The quantitative estimate of drug-likeness (QED) is 0.812. The van der Waals surface area contributed by atoms with Gasteiger partial charge in [0.05, 0.1) is 12.2 Å². The Bertz CT molecular complexity index is 360. The van der Waals surface area contributed by atoms with Crippen molar-refractivity contribution >= 4 is 6.03 Å². The molecule has 0 radical (unpaired) electrons. The van der Waals surface area contributed by atoms with E-state index in [0.717, 1.165) is 31.9 Å². The molecule has 1 N–H and O–H groups in total. The topological polar surface area (TPSA) is 48.5 Å². The smallest absolute Gasteiger partial charge is 0.317 e. The van der Waals surface area contributed by atoms with Crippen LogP contribution in [0.4, 0.5) is 4.79 Å². The van der Waals surface area contributed by atoms with E-state index >= 15 is 0 Å². The van der Waals surface area contributed by atoms with Crippen LogP contribution in [0.15, 0.2) is 24.4 Å². The molecule has 0 spiro atoms. The van der Waals surface area contributed by atoms with Gasteiger partial charge in [0.2, 0.25) is 0 Å². The second-order valence-corrected chi connectivity index (χ2v) is 4.27. The highest BCUT2D eigenvalue weighted by Crippen LogP contribution is 2.00. The van der Waals surface area contributed by atoms with Gasteiger partial charge in [-0.3, -0.25) is 4.98 Å². The highest BCUT2D eigenvalue weighted by Gasteiger charge is 2.18. The molecule has 92 valence electrons. The average molecular weight is 234 g/mol. The van der Waals surface area contributed by atoms with Gasteiger partial charge in [-0.25, -0.2) is 4.79 Å². The maximum absolute atomic E-state index is 11.8. The fourth-order valence-electron chi connectivity index (χ4n) is 1.79. The third-order valence-corrected chi connectivity index (χ3v) is 2.94. The van der Waals surface area contributed by atoms with Gasteiger partial charge in [0.1, 0.15) is 0 Å². The molecule has 5 heteroatoms. The van der Waals surface area contributed by atoms with E-state index in [1.54, 1.807) is 6.20 Å². The summed E-state index contributed by atoms with van der Waals surface area (Å²) in [6, 6.07) is 5.70. The number of rotatable bonds is 2. The molecule has 0 saturated carbocycles. The maximum atomic E-state index is 11.8. The minimum Gasteiger partial charge on any atom is -0.332 e. The van der Waals surface area contributed by atoms with Crippen molar-refractivity contribution in [2.75, 3.05) is 33.2 Å². The van der Waals surface area contributed by atoms with Crippen LogP contribution >= 0.6 is 0 Å². The molecule has 1 aliphatic rings. The van der Waals surface area contributed by atoms with Gasteiger partial charge in [0.15, 0.2) is 0 Å². The zero-order chi connectivity index (χ0) is 12.1. The van der Waals surface area contributed by atoms with E-state index in [0.29, 0.717) is 6.54 Å². The van der Waals surface area contributed by atoms with Crippen molar-refractivity contribution in [3.8, 4) is 0 Å². The predicted octanol–water partition coefficient (Wildman–Crippen LogP) is 0.539. The molecule has 1 fully saturated rings. The fourth-order valence-corrected chi connectivity index (χ4v) is 1.79. The van der Waals surface area contributed by atoms with E-state index in [1.165, 1.54) is 0 Å². The van der Waals surface area contributed by atoms with Gasteiger partial charge in [0, 0.05) is 32.4 Å². The van der Waals surface area contributed by atoms with Gasteiger partial charge in [-0.15, -0.1) is 0 Å². The number of hydrogen-bond acceptors (Lipinski definition) is 3. The first-order valence-electron chi connectivity index (χ1n) is 5.87. The first-order chi connectivity index (χ1) is 8.25. The Morgan fingerprint density at radius 3 is 2.76 bits per heavy atom. The number of piperazine rings is 1. The molecule has 0 atom stereocenters. The van der Waals surface area contributed by atoms with Crippen LogP contribution in [0.1, 0.15) is 5.69 Å². The second kappa shape index (κ2) is 5.63. The van der Waals surface area contributed by atoms with Crippen molar-refractivity contribution in [3.63, 3.8) is 0 Å². The van der Waals surface area contributed by atoms with Gasteiger partial charge >= 0.3 is 6.03 Å². The van der Waals surface area contributed by atoms with E-state index in [4.69, 9.17) is 0 Å². The largest absolute Gasteiger partial charge is 0.332 e. The molecule has 1 aromatic rings. The minimum atomic E-state index is 0.00348. The number of nitrogens with zero attached hydrogens (tertiary/aromatic N) is 3. The Labute approximate surface area is 101 Å². The van der Waals surface area contributed by atoms with E-state index < -0.39 is 0 Å². The zero-order valence-corrected chi connectivity index (χ0v) is 10.1. The minimum absolute atomic E-state index is 0.00348. The summed E-state index contributed by atoms with van der Waals surface area (Å²) in [5.74, 6) is 0. The maximum Gasteiger partial charge on any atom is 0.317 e. The Balaban J connectivity index is 1.78. The van der Waals surface area contributed by atoms with Gasteiger partial charge in [-0.1, -0.05) is 6.07 Å². The summed E-state index contributed by atoms with van der Waals surface area (Å²) in [4.78, 5) is 20.1. The Hall–Kier alpha value is -1.62. The SMILES string of the molecule is CN1CCN(C(=O)NCc2ccccn2)CC1. The molecule has 0 unspecified atom stereocenters. The lowest BCUT2D eigenvalue weighted by Gasteiger charge is -2.32.